The molecule has 1 aromatic carbocycles. The first kappa shape index (κ1) is 11.4. The van der Waals surface area contributed by atoms with Crippen molar-refractivity contribution in [2.45, 2.75) is 13.8 Å². The molecule has 1 aromatic rings. The molecule has 0 spiro atoms. The zero-order valence-electron chi connectivity index (χ0n) is 8.54. The molecule has 0 atom stereocenters. The van der Waals surface area contributed by atoms with Gasteiger partial charge in [0.1, 0.15) is 5.82 Å². The number of halogens is 1. The highest BCUT2D eigenvalue weighted by Gasteiger charge is 2.12. The van der Waals surface area contributed by atoms with Crippen LogP contribution in [0.25, 0.3) is 0 Å². The largest absolute Gasteiger partial charge is 0.462 e. The minimum Gasteiger partial charge on any atom is -0.462 e. The predicted octanol–water partition coefficient (Wildman–Crippen LogP) is 2.21. The Hall–Kier alpha value is -1.71. The Morgan fingerprint density at radius 2 is 2.07 bits per heavy atom. The SMILES string of the molecule is CCOC(=O)c1ccc(C(C)=O)c(F)c1. The summed E-state index contributed by atoms with van der Waals surface area (Å²) in [7, 11) is 0. The fourth-order valence-corrected chi connectivity index (χ4v) is 1.14. The highest BCUT2D eigenvalue weighted by atomic mass is 19.1. The van der Waals surface area contributed by atoms with Gasteiger partial charge in [-0.2, -0.15) is 0 Å². The quantitative estimate of drug-likeness (QED) is 0.567. The van der Waals surface area contributed by atoms with Gasteiger partial charge in [0.15, 0.2) is 5.78 Å². The lowest BCUT2D eigenvalue weighted by atomic mass is 10.1. The van der Waals surface area contributed by atoms with Gasteiger partial charge in [0.05, 0.1) is 17.7 Å². The Labute approximate surface area is 86.9 Å². The first-order valence-electron chi connectivity index (χ1n) is 4.54. The van der Waals surface area contributed by atoms with Gasteiger partial charge in [0.2, 0.25) is 0 Å². The molecule has 0 saturated carbocycles. The van der Waals surface area contributed by atoms with Crippen molar-refractivity contribution in [1.82, 2.24) is 0 Å². The van der Waals surface area contributed by atoms with Crippen LogP contribution in [-0.2, 0) is 4.74 Å². The van der Waals surface area contributed by atoms with Crippen LogP contribution in [0.1, 0.15) is 34.6 Å². The van der Waals surface area contributed by atoms with E-state index < -0.39 is 11.8 Å². The number of ketones is 1. The second kappa shape index (κ2) is 4.68. The summed E-state index contributed by atoms with van der Waals surface area (Å²) in [5.41, 5.74) is 0.0856. The van der Waals surface area contributed by atoms with E-state index in [0.29, 0.717) is 0 Å². The van der Waals surface area contributed by atoms with Crippen molar-refractivity contribution in [2.75, 3.05) is 6.61 Å². The molecule has 1 rings (SSSR count). The molecule has 0 fully saturated rings. The number of carbonyl (C=O) groups excluding carboxylic acids is 2. The first-order valence-corrected chi connectivity index (χ1v) is 4.54. The second-order valence-corrected chi connectivity index (χ2v) is 2.97. The van der Waals surface area contributed by atoms with E-state index in [1.54, 1.807) is 6.92 Å². The molecule has 80 valence electrons. The van der Waals surface area contributed by atoms with E-state index in [9.17, 15) is 14.0 Å². The molecule has 0 saturated heterocycles. The lowest BCUT2D eigenvalue weighted by Gasteiger charge is -2.03. The van der Waals surface area contributed by atoms with Crippen LogP contribution < -0.4 is 0 Å². The van der Waals surface area contributed by atoms with Crippen LogP contribution in [0.5, 0.6) is 0 Å². The van der Waals surface area contributed by atoms with Crippen LogP contribution in [0.4, 0.5) is 4.39 Å². The fourth-order valence-electron chi connectivity index (χ4n) is 1.14. The second-order valence-electron chi connectivity index (χ2n) is 2.97. The molecular weight excluding hydrogens is 199 g/mol. The smallest absolute Gasteiger partial charge is 0.338 e. The van der Waals surface area contributed by atoms with Gasteiger partial charge in [-0.3, -0.25) is 4.79 Å². The maximum atomic E-state index is 13.3. The average Bonchev–Trinajstić information content (AvgIpc) is 2.17. The molecule has 0 aliphatic rings. The third-order valence-corrected chi connectivity index (χ3v) is 1.86. The Bertz CT molecular complexity index is 399. The first-order chi connectivity index (χ1) is 7.06. The van der Waals surface area contributed by atoms with Crippen molar-refractivity contribution in [3.63, 3.8) is 0 Å². The van der Waals surface area contributed by atoms with Gasteiger partial charge in [0, 0.05) is 0 Å². The van der Waals surface area contributed by atoms with Crippen LogP contribution >= 0.6 is 0 Å². The number of esters is 1. The van der Waals surface area contributed by atoms with E-state index >= 15 is 0 Å². The Kier molecular flexibility index (Phi) is 3.55. The molecule has 0 heterocycles. The van der Waals surface area contributed by atoms with Gasteiger partial charge in [-0.25, -0.2) is 9.18 Å². The summed E-state index contributed by atoms with van der Waals surface area (Å²) in [5, 5.41) is 0. The van der Waals surface area contributed by atoms with Crippen molar-refractivity contribution in [1.29, 1.82) is 0 Å². The number of rotatable bonds is 3. The summed E-state index contributed by atoms with van der Waals surface area (Å²) < 4.78 is 18.0. The van der Waals surface area contributed by atoms with Gasteiger partial charge in [-0.05, 0) is 32.0 Å². The number of carbonyl (C=O) groups is 2. The van der Waals surface area contributed by atoms with E-state index in [1.807, 2.05) is 0 Å². The molecule has 0 aliphatic carbocycles. The van der Waals surface area contributed by atoms with Crippen molar-refractivity contribution in [3.05, 3.63) is 35.1 Å². The van der Waals surface area contributed by atoms with Gasteiger partial charge in [-0.1, -0.05) is 0 Å². The van der Waals surface area contributed by atoms with Crippen LogP contribution in [0, 0.1) is 5.82 Å². The molecule has 15 heavy (non-hydrogen) atoms. The van der Waals surface area contributed by atoms with Gasteiger partial charge >= 0.3 is 5.97 Å². The molecule has 0 bridgehead atoms. The Morgan fingerprint density at radius 1 is 1.40 bits per heavy atom. The van der Waals surface area contributed by atoms with Crippen LogP contribution in [0.15, 0.2) is 18.2 Å². The van der Waals surface area contributed by atoms with E-state index in [2.05, 4.69) is 0 Å². The van der Waals surface area contributed by atoms with Gasteiger partial charge < -0.3 is 4.74 Å². The minimum absolute atomic E-state index is 0.0250. The average molecular weight is 210 g/mol. The topological polar surface area (TPSA) is 43.4 Å². The summed E-state index contributed by atoms with van der Waals surface area (Å²) in [5.74, 6) is -1.66. The van der Waals surface area contributed by atoms with Crippen molar-refractivity contribution in [3.8, 4) is 0 Å². The summed E-state index contributed by atoms with van der Waals surface area (Å²) in [4.78, 5) is 22.1. The number of Topliss-reactive ketones (excluding diaryl/α,β-unsaturated/α-hetero) is 1. The van der Waals surface area contributed by atoms with Gasteiger partial charge in [0.25, 0.3) is 0 Å². The predicted molar refractivity (Wildman–Crippen MR) is 52.4 cm³/mol. The molecule has 3 nitrogen and oxygen atoms in total. The summed E-state index contributed by atoms with van der Waals surface area (Å²) >= 11 is 0. The number of hydrogen-bond donors (Lipinski definition) is 0. The normalized spacial score (nSPS) is 9.80. The summed E-state index contributed by atoms with van der Waals surface area (Å²) in [6.07, 6.45) is 0. The van der Waals surface area contributed by atoms with E-state index in [4.69, 9.17) is 4.74 Å². The lowest BCUT2D eigenvalue weighted by molar-refractivity contribution is 0.0525. The van der Waals surface area contributed by atoms with Crippen molar-refractivity contribution < 1.29 is 18.7 Å². The third kappa shape index (κ3) is 2.62. The molecule has 0 amide bonds. The molecule has 0 aromatic heterocycles. The third-order valence-electron chi connectivity index (χ3n) is 1.86. The highest BCUT2D eigenvalue weighted by molar-refractivity contribution is 5.96. The summed E-state index contributed by atoms with van der Waals surface area (Å²) in [6, 6.07) is 3.66. The Balaban J connectivity index is 3.01. The maximum absolute atomic E-state index is 13.3. The molecule has 0 radical (unpaired) electrons. The van der Waals surface area contributed by atoms with E-state index in [-0.39, 0.29) is 23.5 Å². The summed E-state index contributed by atoms with van der Waals surface area (Å²) in [6.45, 7) is 3.16. The number of hydrogen-bond acceptors (Lipinski definition) is 3. The molecular formula is C11H11FO3. The van der Waals surface area contributed by atoms with Crippen LogP contribution in [0.3, 0.4) is 0 Å². The maximum Gasteiger partial charge on any atom is 0.338 e. The molecule has 4 heteroatoms. The van der Waals surface area contributed by atoms with Gasteiger partial charge in [-0.15, -0.1) is 0 Å². The molecule has 0 N–H and O–H groups in total. The van der Waals surface area contributed by atoms with Crippen molar-refractivity contribution >= 4 is 11.8 Å². The van der Waals surface area contributed by atoms with E-state index in [1.165, 1.54) is 19.1 Å². The lowest BCUT2D eigenvalue weighted by Crippen LogP contribution is -2.06. The standard InChI is InChI=1S/C11H11FO3/c1-3-15-11(14)8-4-5-9(7(2)13)10(12)6-8/h4-6H,3H2,1-2H3. The monoisotopic (exact) mass is 210 g/mol. The van der Waals surface area contributed by atoms with Crippen LogP contribution in [-0.4, -0.2) is 18.4 Å². The minimum atomic E-state index is -0.701. The number of benzene rings is 1. The zero-order chi connectivity index (χ0) is 11.4. The highest BCUT2D eigenvalue weighted by Crippen LogP contribution is 2.12. The van der Waals surface area contributed by atoms with Crippen LogP contribution in [0.2, 0.25) is 0 Å². The molecule has 0 aliphatic heterocycles. The fraction of sp³-hybridized carbons (Fsp3) is 0.273. The van der Waals surface area contributed by atoms with E-state index in [0.717, 1.165) is 6.07 Å². The molecule has 0 unspecified atom stereocenters. The Morgan fingerprint density at radius 3 is 2.53 bits per heavy atom. The van der Waals surface area contributed by atoms with Crippen molar-refractivity contribution in [2.24, 2.45) is 0 Å². The number of ether oxygens (including phenoxy) is 1. The zero-order valence-corrected chi connectivity index (χ0v) is 8.54.